The highest BCUT2D eigenvalue weighted by Gasteiger charge is 2.34. The van der Waals surface area contributed by atoms with Crippen LogP contribution >= 0.6 is 11.3 Å². The maximum absolute atomic E-state index is 13.3. The third-order valence-corrected chi connectivity index (χ3v) is 9.02. The number of nitrogens with one attached hydrogen (secondary N) is 3. The first kappa shape index (κ1) is 23.9. The molecule has 2 aliphatic carbocycles. The second-order valence-corrected chi connectivity index (χ2v) is 11.5. The van der Waals surface area contributed by atoms with E-state index in [-0.39, 0.29) is 34.0 Å². The minimum atomic E-state index is -3.87. The van der Waals surface area contributed by atoms with Crippen molar-refractivity contribution in [3.05, 3.63) is 6.20 Å². The number of aromatic nitrogens is 1. The van der Waals surface area contributed by atoms with Gasteiger partial charge in [-0.15, -0.1) is 0 Å². The molecule has 1 aromatic heterocycles. The van der Waals surface area contributed by atoms with Crippen molar-refractivity contribution in [2.75, 3.05) is 18.9 Å². The Labute approximate surface area is 188 Å². The smallest absolute Gasteiger partial charge is 0.324 e. The van der Waals surface area contributed by atoms with E-state index in [0.717, 1.165) is 62.7 Å². The molecule has 11 heteroatoms. The molecule has 0 aromatic carbocycles. The molecule has 174 valence electrons. The van der Waals surface area contributed by atoms with Crippen LogP contribution in [-0.4, -0.2) is 55.9 Å². The molecule has 0 aliphatic heterocycles. The Bertz CT molecular complexity index is 859. The summed E-state index contributed by atoms with van der Waals surface area (Å²) < 4.78 is 26.9. The van der Waals surface area contributed by atoms with Gasteiger partial charge in [0.2, 0.25) is 5.91 Å². The molecule has 0 unspecified atom stereocenters. The van der Waals surface area contributed by atoms with E-state index in [1.54, 1.807) is 0 Å². The Morgan fingerprint density at radius 1 is 1.10 bits per heavy atom. The zero-order chi connectivity index (χ0) is 22.4. The standard InChI is InChI=1S/C20H33N5O4S2/c1-14-8-10-16(11-9-14)25(15-6-4-3-5-7-15)20(27)24-19-22-13-18(30-19)31(28,29)23-12-17(26)21-2/h13-16,23H,3-12H2,1-2H3,(H,21,26)(H,22,24,27). The van der Waals surface area contributed by atoms with Crippen LogP contribution in [0.1, 0.15) is 64.7 Å². The monoisotopic (exact) mass is 471 g/mol. The summed E-state index contributed by atoms with van der Waals surface area (Å²) in [6.45, 7) is 1.91. The minimum absolute atomic E-state index is 0.0394. The van der Waals surface area contributed by atoms with Gasteiger partial charge in [0.15, 0.2) is 9.34 Å². The summed E-state index contributed by atoms with van der Waals surface area (Å²) in [6.07, 6.45) is 11.0. The molecule has 0 bridgehead atoms. The van der Waals surface area contributed by atoms with Gasteiger partial charge in [0, 0.05) is 19.1 Å². The number of likely N-dealkylation sites (N-methyl/N-ethyl adjacent to an activating group) is 1. The Hall–Kier alpha value is -1.72. The molecule has 2 fully saturated rings. The summed E-state index contributed by atoms with van der Waals surface area (Å²) in [5.74, 6) is 0.257. The van der Waals surface area contributed by atoms with Gasteiger partial charge >= 0.3 is 6.03 Å². The second kappa shape index (κ2) is 10.7. The summed E-state index contributed by atoms with van der Waals surface area (Å²) >= 11 is 0.887. The molecule has 3 rings (SSSR count). The molecule has 3 amide bonds. The van der Waals surface area contributed by atoms with Gasteiger partial charge in [-0.2, -0.15) is 0 Å². The van der Waals surface area contributed by atoms with E-state index >= 15 is 0 Å². The van der Waals surface area contributed by atoms with Crippen LogP contribution in [-0.2, 0) is 14.8 Å². The van der Waals surface area contributed by atoms with E-state index in [2.05, 4.69) is 27.3 Å². The van der Waals surface area contributed by atoms with Crippen molar-refractivity contribution < 1.29 is 18.0 Å². The quantitative estimate of drug-likeness (QED) is 0.565. The van der Waals surface area contributed by atoms with E-state index in [9.17, 15) is 18.0 Å². The molecule has 0 atom stereocenters. The zero-order valence-electron chi connectivity index (χ0n) is 18.2. The third-order valence-electron chi connectivity index (χ3n) is 6.25. The maximum Gasteiger partial charge on any atom is 0.324 e. The first-order valence-corrected chi connectivity index (χ1v) is 13.4. The van der Waals surface area contributed by atoms with Crippen LogP contribution in [0, 0.1) is 5.92 Å². The average Bonchev–Trinajstić information content (AvgIpc) is 3.24. The normalized spacial score (nSPS) is 22.6. The highest BCUT2D eigenvalue weighted by Crippen LogP contribution is 2.33. The zero-order valence-corrected chi connectivity index (χ0v) is 19.9. The molecule has 2 aliphatic rings. The van der Waals surface area contributed by atoms with Crippen LogP contribution < -0.4 is 15.4 Å². The number of hydrogen-bond donors (Lipinski definition) is 3. The minimum Gasteiger partial charge on any atom is -0.358 e. The number of rotatable bonds is 7. The summed E-state index contributed by atoms with van der Waals surface area (Å²) in [4.78, 5) is 30.7. The van der Waals surface area contributed by atoms with Gasteiger partial charge in [0.05, 0.1) is 12.7 Å². The Kier molecular flexibility index (Phi) is 8.29. The predicted octanol–water partition coefficient (Wildman–Crippen LogP) is 2.91. The van der Waals surface area contributed by atoms with Gasteiger partial charge in [0.1, 0.15) is 0 Å². The molecular weight excluding hydrogens is 438 g/mol. The maximum atomic E-state index is 13.3. The first-order chi connectivity index (χ1) is 14.8. The SMILES string of the molecule is CNC(=O)CNS(=O)(=O)c1cnc(NC(=O)N(C2CCCCC2)C2CCC(C)CC2)s1. The lowest BCUT2D eigenvalue weighted by Gasteiger charge is -2.42. The van der Waals surface area contributed by atoms with Crippen molar-refractivity contribution in [2.24, 2.45) is 5.92 Å². The number of carbonyl (C=O) groups excluding carboxylic acids is 2. The van der Waals surface area contributed by atoms with E-state index in [1.165, 1.54) is 19.7 Å². The fourth-order valence-corrected chi connectivity index (χ4v) is 6.47. The van der Waals surface area contributed by atoms with E-state index in [0.29, 0.717) is 5.92 Å². The van der Waals surface area contributed by atoms with Crippen molar-refractivity contribution in [1.82, 2.24) is 19.9 Å². The molecule has 0 spiro atoms. The Morgan fingerprint density at radius 2 is 1.74 bits per heavy atom. The number of thiazole rings is 1. The van der Waals surface area contributed by atoms with Crippen molar-refractivity contribution in [1.29, 1.82) is 0 Å². The van der Waals surface area contributed by atoms with Gasteiger partial charge in [-0.25, -0.2) is 22.9 Å². The average molecular weight is 472 g/mol. The Morgan fingerprint density at radius 3 is 2.39 bits per heavy atom. The lowest BCUT2D eigenvalue weighted by molar-refractivity contribution is -0.119. The number of anilines is 1. The molecule has 31 heavy (non-hydrogen) atoms. The first-order valence-electron chi connectivity index (χ1n) is 11.1. The van der Waals surface area contributed by atoms with E-state index in [4.69, 9.17) is 0 Å². The molecule has 1 aromatic rings. The van der Waals surface area contributed by atoms with Crippen LogP contribution in [0.3, 0.4) is 0 Å². The van der Waals surface area contributed by atoms with Crippen molar-refractivity contribution in [3.63, 3.8) is 0 Å². The van der Waals surface area contributed by atoms with Crippen LogP contribution in [0.5, 0.6) is 0 Å². The summed E-state index contributed by atoms with van der Waals surface area (Å²) in [6, 6.07) is 0.254. The van der Waals surface area contributed by atoms with Gasteiger partial charge in [-0.3, -0.25) is 10.1 Å². The van der Waals surface area contributed by atoms with E-state index < -0.39 is 15.9 Å². The third kappa shape index (κ3) is 6.39. The summed E-state index contributed by atoms with van der Waals surface area (Å²) in [5.41, 5.74) is 0. The number of urea groups is 1. The molecule has 0 radical (unpaired) electrons. The molecule has 1 heterocycles. The largest absolute Gasteiger partial charge is 0.358 e. The Balaban J connectivity index is 1.69. The van der Waals surface area contributed by atoms with Crippen molar-refractivity contribution in [2.45, 2.75) is 81.0 Å². The molecule has 0 saturated heterocycles. The van der Waals surface area contributed by atoms with Crippen LogP contribution in [0.25, 0.3) is 0 Å². The predicted molar refractivity (Wildman–Crippen MR) is 121 cm³/mol. The lowest BCUT2D eigenvalue weighted by atomic mass is 9.84. The van der Waals surface area contributed by atoms with Crippen LogP contribution in [0.15, 0.2) is 10.4 Å². The van der Waals surface area contributed by atoms with Crippen molar-refractivity contribution >= 4 is 38.4 Å². The highest BCUT2D eigenvalue weighted by molar-refractivity contribution is 7.91. The summed E-state index contributed by atoms with van der Waals surface area (Å²) in [7, 11) is -2.43. The van der Waals surface area contributed by atoms with Crippen molar-refractivity contribution in [3.8, 4) is 0 Å². The van der Waals surface area contributed by atoms with E-state index in [1.807, 2.05) is 4.90 Å². The topological polar surface area (TPSA) is 121 Å². The van der Waals surface area contributed by atoms with Crippen LogP contribution in [0.2, 0.25) is 0 Å². The fourth-order valence-electron chi connectivity index (χ4n) is 4.43. The number of hydrogen-bond acceptors (Lipinski definition) is 6. The molecule has 3 N–H and O–H groups in total. The van der Waals surface area contributed by atoms with Crippen LogP contribution in [0.4, 0.5) is 9.93 Å². The molecular formula is C20H33N5O4S2. The number of nitrogens with zero attached hydrogens (tertiary/aromatic N) is 2. The molecule has 2 saturated carbocycles. The number of amides is 3. The number of carbonyl (C=O) groups is 2. The molecule has 9 nitrogen and oxygen atoms in total. The van der Waals surface area contributed by atoms with Gasteiger partial charge < -0.3 is 10.2 Å². The van der Waals surface area contributed by atoms with Gasteiger partial charge in [0.25, 0.3) is 10.0 Å². The lowest BCUT2D eigenvalue weighted by Crippen LogP contribution is -2.51. The number of sulfonamides is 1. The fraction of sp³-hybridized carbons (Fsp3) is 0.750. The second-order valence-electron chi connectivity index (χ2n) is 8.53. The highest BCUT2D eigenvalue weighted by atomic mass is 32.2. The van der Waals surface area contributed by atoms with Gasteiger partial charge in [-0.05, 0) is 44.4 Å². The summed E-state index contributed by atoms with van der Waals surface area (Å²) in [5, 5.41) is 5.44. The van der Waals surface area contributed by atoms with Gasteiger partial charge in [-0.1, -0.05) is 37.5 Å².